The van der Waals surface area contributed by atoms with E-state index in [1.807, 2.05) is 6.07 Å². The van der Waals surface area contributed by atoms with E-state index < -0.39 is 0 Å². The molecule has 0 saturated heterocycles. The molecule has 1 aromatic rings. The van der Waals surface area contributed by atoms with Gasteiger partial charge in [0.1, 0.15) is 5.82 Å². The van der Waals surface area contributed by atoms with Crippen LogP contribution in [0.25, 0.3) is 0 Å². The Morgan fingerprint density at radius 1 is 1.25 bits per heavy atom. The molecular weight excluding hydrogens is 251 g/mol. The van der Waals surface area contributed by atoms with Crippen LogP contribution in [-0.4, -0.2) is 19.6 Å². The van der Waals surface area contributed by atoms with Crippen molar-refractivity contribution in [1.82, 2.24) is 5.32 Å². The van der Waals surface area contributed by atoms with Crippen LogP contribution in [0.3, 0.4) is 0 Å². The van der Waals surface area contributed by atoms with Crippen molar-refractivity contribution in [2.75, 3.05) is 24.5 Å². The van der Waals surface area contributed by atoms with Crippen LogP contribution in [0.15, 0.2) is 18.2 Å². The molecule has 0 radical (unpaired) electrons. The molecule has 0 aliphatic heterocycles. The van der Waals surface area contributed by atoms with E-state index in [-0.39, 0.29) is 5.82 Å². The summed E-state index contributed by atoms with van der Waals surface area (Å²) in [5.74, 6) is 0.469. The molecule has 1 atom stereocenters. The number of hydrogen-bond donors (Lipinski definition) is 1. The van der Waals surface area contributed by atoms with Crippen LogP contribution in [-0.2, 0) is 6.54 Å². The average molecular weight is 280 g/mol. The lowest BCUT2D eigenvalue weighted by Gasteiger charge is -2.29. The Hall–Kier alpha value is -1.09. The van der Waals surface area contributed by atoms with Gasteiger partial charge in [-0.2, -0.15) is 0 Å². The predicted molar refractivity (Wildman–Crippen MR) is 85.7 cm³/mol. The molecule has 2 nitrogen and oxygen atoms in total. The van der Waals surface area contributed by atoms with E-state index in [4.69, 9.17) is 0 Å². The highest BCUT2D eigenvalue weighted by atomic mass is 19.1. The number of rotatable bonds is 9. The van der Waals surface area contributed by atoms with Crippen LogP contribution in [0.2, 0.25) is 0 Å². The van der Waals surface area contributed by atoms with Crippen LogP contribution in [0, 0.1) is 11.7 Å². The average Bonchev–Trinajstić information content (AvgIpc) is 2.45. The van der Waals surface area contributed by atoms with Crippen LogP contribution in [0.4, 0.5) is 10.1 Å². The summed E-state index contributed by atoms with van der Waals surface area (Å²) in [5, 5.41) is 3.37. The third-order valence-corrected chi connectivity index (χ3v) is 3.74. The van der Waals surface area contributed by atoms with Gasteiger partial charge in [0.05, 0.1) is 5.69 Å². The van der Waals surface area contributed by atoms with Gasteiger partial charge in [-0.3, -0.25) is 0 Å². The van der Waals surface area contributed by atoms with Crippen molar-refractivity contribution in [2.24, 2.45) is 5.92 Å². The number of para-hydroxylation sites is 1. The van der Waals surface area contributed by atoms with Crippen molar-refractivity contribution < 1.29 is 4.39 Å². The van der Waals surface area contributed by atoms with E-state index in [0.29, 0.717) is 5.92 Å². The van der Waals surface area contributed by atoms with Crippen molar-refractivity contribution in [2.45, 2.75) is 47.1 Å². The summed E-state index contributed by atoms with van der Waals surface area (Å²) < 4.78 is 14.3. The standard InChI is InChI=1S/C17H29FN2/c1-5-11-19-12-15-9-8-10-16(18)17(15)20(7-3)13-14(4)6-2/h8-10,14,19H,5-7,11-13H2,1-4H3. The van der Waals surface area contributed by atoms with Gasteiger partial charge in [-0.05, 0) is 37.4 Å². The zero-order valence-corrected chi connectivity index (χ0v) is 13.4. The van der Waals surface area contributed by atoms with Crippen LogP contribution in [0.5, 0.6) is 0 Å². The quantitative estimate of drug-likeness (QED) is 0.682. The summed E-state index contributed by atoms with van der Waals surface area (Å²) in [6.45, 7) is 12.1. The van der Waals surface area contributed by atoms with Gasteiger partial charge in [0.15, 0.2) is 0 Å². The van der Waals surface area contributed by atoms with E-state index >= 15 is 0 Å². The van der Waals surface area contributed by atoms with E-state index in [9.17, 15) is 4.39 Å². The molecule has 0 aliphatic rings. The maximum atomic E-state index is 14.3. The fourth-order valence-corrected chi connectivity index (χ4v) is 2.34. The van der Waals surface area contributed by atoms with Gasteiger partial charge in [0.25, 0.3) is 0 Å². The molecule has 1 unspecified atom stereocenters. The highest BCUT2D eigenvalue weighted by Gasteiger charge is 2.16. The van der Waals surface area contributed by atoms with Gasteiger partial charge in [0, 0.05) is 19.6 Å². The van der Waals surface area contributed by atoms with E-state index in [0.717, 1.165) is 50.3 Å². The number of hydrogen-bond acceptors (Lipinski definition) is 2. The molecule has 0 heterocycles. The first-order valence-corrected chi connectivity index (χ1v) is 7.86. The Morgan fingerprint density at radius 3 is 2.60 bits per heavy atom. The topological polar surface area (TPSA) is 15.3 Å². The van der Waals surface area contributed by atoms with Crippen molar-refractivity contribution >= 4 is 5.69 Å². The lowest BCUT2D eigenvalue weighted by atomic mass is 10.1. The molecule has 1 N–H and O–H groups in total. The largest absolute Gasteiger partial charge is 0.369 e. The molecule has 0 amide bonds. The lowest BCUT2D eigenvalue weighted by Crippen LogP contribution is -2.30. The maximum Gasteiger partial charge on any atom is 0.146 e. The highest BCUT2D eigenvalue weighted by molar-refractivity contribution is 5.55. The third-order valence-electron chi connectivity index (χ3n) is 3.74. The molecule has 20 heavy (non-hydrogen) atoms. The molecule has 0 fully saturated rings. The Labute approximate surface area is 123 Å². The third kappa shape index (κ3) is 4.78. The molecule has 0 aromatic heterocycles. The number of nitrogens with zero attached hydrogens (tertiary/aromatic N) is 1. The first-order chi connectivity index (χ1) is 9.63. The summed E-state index contributed by atoms with van der Waals surface area (Å²) >= 11 is 0. The molecule has 114 valence electrons. The van der Waals surface area contributed by atoms with Crippen molar-refractivity contribution in [1.29, 1.82) is 0 Å². The Kier molecular flexibility index (Phi) is 7.60. The summed E-state index contributed by atoms with van der Waals surface area (Å²) in [6.07, 6.45) is 2.21. The van der Waals surface area contributed by atoms with Crippen molar-refractivity contribution in [3.8, 4) is 0 Å². The minimum absolute atomic E-state index is 0.106. The Bertz CT molecular complexity index is 393. The zero-order valence-electron chi connectivity index (χ0n) is 13.4. The van der Waals surface area contributed by atoms with E-state index in [1.165, 1.54) is 0 Å². The summed E-state index contributed by atoms with van der Waals surface area (Å²) in [7, 11) is 0. The van der Waals surface area contributed by atoms with Crippen molar-refractivity contribution in [3.63, 3.8) is 0 Å². The molecule has 0 saturated carbocycles. The summed E-state index contributed by atoms with van der Waals surface area (Å²) in [4.78, 5) is 2.17. The summed E-state index contributed by atoms with van der Waals surface area (Å²) in [6, 6.07) is 5.40. The molecule has 0 spiro atoms. The Morgan fingerprint density at radius 2 is 2.00 bits per heavy atom. The van der Waals surface area contributed by atoms with Gasteiger partial charge in [-0.25, -0.2) is 4.39 Å². The maximum absolute atomic E-state index is 14.3. The zero-order chi connectivity index (χ0) is 15.0. The fourth-order valence-electron chi connectivity index (χ4n) is 2.34. The SMILES string of the molecule is CCCNCc1cccc(F)c1N(CC)CC(C)CC. The Balaban J connectivity index is 2.93. The van der Waals surface area contributed by atoms with E-state index in [1.54, 1.807) is 12.1 Å². The fraction of sp³-hybridized carbons (Fsp3) is 0.647. The van der Waals surface area contributed by atoms with Gasteiger partial charge in [-0.15, -0.1) is 0 Å². The smallest absolute Gasteiger partial charge is 0.146 e. The monoisotopic (exact) mass is 280 g/mol. The number of benzene rings is 1. The molecule has 1 rings (SSSR count). The van der Waals surface area contributed by atoms with Crippen LogP contribution < -0.4 is 10.2 Å². The normalized spacial score (nSPS) is 12.4. The minimum Gasteiger partial charge on any atom is -0.369 e. The van der Waals surface area contributed by atoms with Crippen LogP contribution in [0.1, 0.15) is 46.1 Å². The first-order valence-electron chi connectivity index (χ1n) is 7.86. The second kappa shape index (κ2) is 8.96. The molecule has 0 aliphatic carbocycles. The second-order valence-corrected chi connectivity index (χ2v) is 5.48. The second-order valence-electron chi connectivity index (χ2n) is 5.48. The van der Waals surface area contributed by atoms with Gasteiger partial charge >= 0.3 is 0 Å². The number of nitrogens with one attached hydrogen (secondary N) is 1. The number of halogens is 1. The minimum atomic E-state index is -0.106. The molecule has 1 aromatic carbocycles. The predicted octanol–water partition coefficient (Wildman–Crippen LogP) is 4.20. The molecule has 0 bridgehead atoms. The van der Waals surface area contributed by atoms with Gasteiger partial charge < -0.3 is 10.2 Å². The molecule has 3 heteroatoms. The molecular formula is C17H29FN2. The van der Waals surface area contributed by atoms with Gasteiger partial charge in [-0.1, -0.05) is 39.3 Å². The summed E-state index contributed by atoms with van der Waals surface area (Å²) in [5.41, 5.74) is 1.84. The van der Waals surface area contributed by atoms with Crippen molar-refractivity contribution in [3.05, 3.63) is 29.6 Å². The highest BCUT2D eigenvalue weighted by Crippen LogP contribution is 2.25. The van der Waals surface area contributed by atoms with E-state index in [2.05, 4.69) is 37.9 Å². The lowest BCUT2D eigenvalue weighted by molar-refractivity contribution is 0.535. The number of anilines is 1. The van der Waals surface area contributed by atoms with Gasteiger partial charge in [0.2, 0.25) is 0 Å². The first kappa shape index (κ1) is 17.0. The van der Waals surface area contributed by atoms with Crippen LogP contribution >= 0.6 is 0 Å².